The van der Waals surface area contributed by atoms with E-state index < -0.39 is 22.7 Å². The van der Waals surface area contributed by atoms with Gasteiger partial charge in [0.15, 0.2) is 0 Å². The van der Waals surface area contributed by atoms with E-state index in [0.29, 0.717) is 18.5 Å². The highest BCUT2D eigenvalue weighted by Crippen LogP contribution is 2.69. The first-order chi connectivity index (χ1) is 17.0. The van der Waals surface area contributed by atoms with Crippen LogP contribution in [0.2, 0.25) is 0 Å². The summed E-state index contributed by atoms with van der Waals surface area (Å²) >= 11 is 0. The van der Waals surface area contributed by atoms with Crippen molar-refractivity contribution >= 4 is 5.91 Å². The maximum atomic E-state index is 14.5. The highest BCUT2D eigenvalue weighted by atomic mass is 19.1. The van der Waals surface area contributed by atoms with Gasteiger partial charge in [-0.3, -0.25) is 9.78 Å². The molecule has 9 heteroatoms. The number of carbonyl (C=O) groups excluding carboxylic acids is 1. The lowest BCUT2D eigenvalue weighted by molar-refractivity contribution is -0.0367. The van der Waals surface area contributed by atoms with Gasteiger partial charge in [-0.15, -0.1) is 5.10 Å². The van der Waals surface area contributed by atoms with Gasteiger partial charge in [0, 0.05) is 12.2 Å². The van der Waals surface area contributed by atoms with Crippen LogP contribution in [-0.4, -0.2) is 42.8 Å². The van der Waals surface area contributed by atoms with Crippen LogP contribution in [0.25, 0.3) is 11.3 Å². The molecule has 3 aliphatic carbocycles. The van der Waals surface area contributed by atoms with E-state index in [4.69, 9.17) is 4.98 Å². The number of aliphatic hydroxyl groups is 1. The van der Waals surface area contributed by atoms with E-state index in [1.807, 2.05) is 0 Å². The third-order valence-corrected chi connectivity index (χ3v) is 8.61. The van der Waals surface area contributed by atoms with Crippen LogP contribution in [0.4, 0.5) is 8.78 Å². The molecule has 0 saturated heterocycles. The standard InChI is InChI=1S/C27H27F2N5O2/c1-25(2)16-7-8-27(25,21-13-30-12-20(32-21)24(35)31-14-10-26(3,36)11-14)23-15(16)9-19(33-34-23)22-17(28)5-4-6-18(22)29/h4-6,9,12-14,16,36H,7-8,10-11H2,1-3H3,(H,31,35)/t14?,16-,26?,27-/m0/s1. The quantitative estimate of drug-likeness (QED) is 0.571. The summed E-state index contributed by atoms with van der Waals surface area (Å²) in [5.41, 5.74) is 0.764. The third kappa shape index (κ3) is 3.14. The molecule has 2 fully saturated rings. The monoisotopic (exact) mass is 491 g/mol. The fourth-order valence-electron chi connectivity index (χ4n) is 6.80. The molecule has 3 aliphatic rings. The van der Waals surface area contributed by atoms with Gasteiger partial charge >= 0.3 is 0 Å². The molecule has 2 aromatic heterocycles. The Hall–Kier alpha value is -3.33. The lowest BCUT2D eigenvalue weighted by Crippen LogP contribution is -2.53. The van der Waals surface area contributed by atoms with Crippen molar-refractivity contribution in [1.29, 1.82) is 0 Å². The van der Waals surface area contributed by atoms with Crippen LogP contribution in [0.15, 0.2) is 36.7 Å². The summed E-state index contributed by atoms with van der Waals surface area (Å²) in [6.45, 7) is 6.03. The Bertz CT molecular complexity index is 1380. The molecule has 6 rings (SSSR count). The van der Waals surface area contributed by atoms with Crippen LogP contribution in [0.1, 0.15) is 79.8 Å². The number of halogens is 2. The smallest absolute Gasteiger partial charge is 0.271 e. The molecular weight excluding hydrogens is 464 g/mol. The number of hydrogen-bond acceptors (Lipinski definition) is 6. The highest BCUT2D eigenvalue weighted by molar-refractivity contribution is 5.92. The number of fused-ring (bicyclic) bond motifs is 5. The number of aromatic nitrogens is 4. The number of amides is 1. The van der Waals surface area contributed by atoms with E-state index in [1.165, 1.54) is 24.4 Å². The molecule has 2 atom stereocenters. The Labute approximate surface area is 207 Å². The van der Waals surface area contributed by atoms with Gasteiger partial charge in [-0.1, -0.05) is 19.9 Å². The van der Waals surface area contributed by atoms with E-state index in [-0.39, 0.29) is 40.2 Å². The van der Waals surface area contributed by atoms with Crippen molar-refractivity contribution in [3.63, 3.8) is 0 Å². The molecule has 186 valence electrons. The van der Waals surface area contributed by atoms with Gasteiger partial charge in [0.25, 0.3) is 5.91 Å². The van der Waals surface area contributed by atoms with Gasteiger partial charge in [0.2, 0.25) is 0 Å². The average Bonchev–Trinajstić information content (AvgIpc) is 3.19. The molecule has 2 saturated carbocycles. The lowest BCUT2D eigenvalue weighted by Gasteiger charge is -2.41. The summed E-state index contributed by atoms with van der Waals surface area (Å²) in [6.07, 6.45) is 5.72. The number of benzene rings is 1. The molecule has 2 heterocycles. The number of nitrogens with zero attached hydrogens (tertiary/aromatic N) is 4. The zero-order chi connectivity index (χ0) is 25.5. The van der Waals surface area contributed by atoms with Crippen molar-refractivity contribution in [2.24, 2.45) is 5.41 Å². The van der Waals surface area contributed by atoms with Crippen molar-refractivity contribution in [1.82, 2.24) is 25.5 Å². The van der Waals surface area contributed by atoms with E-state index in [2.05, 4.69) is 34.3 Å². The van der Waals surface area contributed by atoms with Gasteiger partial charge < -0.3 is 10.4 Å². The van der Waals surface area contributed by atoms with Crippen LogP contribution in [0.3, 0.4) is 0 Å². The molecule has 3 aromatic rings. The molecule has 1 aromatic carbocycles. The summed E-state index contributed by atoms with van der Waals surface area (Å²) < 4.78 is 28.9. The van der Waals surface area contributed by atoms with E-state index in [0.717, 1.165) is 24.1 Å². The SMILES string of the molecule is CC1(O)CC(NC(=O)c2cncc([C@@]34CC[C@@H](c5cc(-c6c(F)cccc6F)nnc53)C4(C)C)n2)C1. The molecule has 0 spiro atoms. The van der Waals surface area contributed by atoms with Crippen molar-refractivity contribution in [3.8, 4) is 11.3 Å². The van der Waals surface area contributed by atoms with Crippen molar-refractivity contribution in [2.75, 3.05) is 0 Å². The highest BCUT2D eigenvalue weighted by Gasteiger charge is 2.65. The summed E-state index contributed by atoms with van der Waals surface area (Å²) in [6, 6.07) is 5.40. The van der Waals surface area contributed by atoms with Crippen LogP contribution in [0, 0.1) is 17.0 Å². The minimum Gasteiger partial charge on any atom is -0.390 e. The van der Waals surface area contributed by atoms with E-state index in [1.54, 1.807) is 19.2 Å². The Balaban J connectivity index is 1.39. The van der Waals surface area contributed by atoms with Gasteiger partial charge in [0.05, 0.1) is 39.9 Å². The summed E-state index contributed by atoms with van der Waals surface area (Å²) in [7, 11) is 0. The van der Waals surface area contributed by atoms with Crippen molar-refractivity contribution in [3.05, 3.63) is 70.9 Å². The maximum Gasteiger partial charge on any atom is 0.271 e. The number of carbonyl (C=O) groups is 1. The van der Waals surface area contributed by atoms with Crippen molar-refractivity contribution in [2.45, 2.75) is 69.4 Å². The third-order valence-electron chi connectivity index (χ3n) is 8.61. The lowest BCUT2D eigenvalue weighted by atomic mass is 9.66. The second-order valence-corrected chi connectivity index (χ2v) is 11.2. The molecule has 0 unspecified atom stereocenters. The number of nitrogens with one attached hydrogen (secondary N) is 1. The van der Waals surface area contributed by atoms with Crippen LogP contribution >= 0.6 is 0 Å². The predicted octanol–water partition coefficient (Wildman–Crippen LogP) is 4.06. The molecule has 0 aliphatic heterocycles. The van der Waals surface area contributed by atoms with Crippen LogP contribution in [-0.2, 0) is 5.41 Å². The second kappa shape index (κ2) is 7.59. The van der Waals surface area contributed by atoms with E-state index in [9.17, 15) is 18.7 Å². The van der Waals surface area contributed by atoms with Crippen LogP contribution < -0.4 is 5.32 Å². The normalized spacial score (nSPS) is 29.5. The first kappa shape index (κ1) is 23.1. The molecule has 36 heavy (non-hydrogen) atoms. The zero-order valence-electron chi connectivity index (χ0n) is 20.3. The van der Waals surface area contributed by atoms with Gasteiger partial charge in [0.1, 0.15) is 17.3 Å². The maximum absolute atomic E-state index is 14.5. The summed E-state index contributed by atoms with van der Waals surface area (Å²) in [5.74, 6) is -1.60. The largest absolute Gasteiger partial charge is 0.390 e. The molecule has 2 bridgehead atoms. The number of hydrogen-bond donors (Lipinski definition) is 2. The van der Waals surface area contributed by atoms with Gasteiger partial charge in [-0.25, -0.2) is 13.8 Å². The summed E-state index contributed by atoms with van der Waals surface area (Å²) in [4.78, 5) is 22.0. The average molecular weight is 492 g/mol. The van der Waals surface area contributed by atoms with Crippen molar-refractivity contribution < 1.29 is 18.7 Å². The fraction of sp³-hybridized carbons (Fsp3) is 0.444. The minimum atomic E-state index is -0.746. The summed E-state index contributed by atoms with van der Waals surface area (Å²) in [5, 5.41) is 21.7. The fourth-order valence-corrected chi connectivity index (χ4v) is 6.80. The van der Waals surface area contributed by atoms with Crippen LogP contribution in [0.5, 0.6) is 0 Å². The molecule has 7 nitrogen and oxygen atoms in total. The topological polar surface area (TPSA) is 101 Å². The Morgan fingerprint density at radius 2 is 1.83 bits per heavy atom. The molecular formula is C27H27F2N5O2. The van der Waals surface area contributed by atoms with Gasteiger partial charge in [-0.05, 0) is 67.7 Å². The first-order valence-electron chi connectivity index (χ1n) is 12.2. The molecule has 0 radical (unpaired) electrons. The van der Waals surface area contributed by atoms with Gasteiger partial charge in [-0.2, -0.15) is 5.10 Å². The Kier molecular flexibility index (Phi) is 4.87. The predicted molar refractivity (Wildman–Crippen MR) is 127 cm³/mol. The zero-order valence-corrected chi connectivity index (χ0v) is 20.3. The Morgan fingerprint density at radius 1 is 1.11 bits per heavy atom. The second-order valence-electron chi connectivity index (χ2n) is 11.2. The number of rotatable bonds is 4. The first-order valence-corrected chi connectivity index (χ1v) is 12.2. The van der Waals surface area contributed by atoms with E-state index >= 15 is 0 Å². The Morgan fingerprint density at radius 3 is 2.53 bits per heavy atom. The molecule has 2 N–H and O–H groups in total. The molecule has 1 amide bonds. The minimum absolute atomic E-state index is 0.0908.